The van der Waals surface area contributed by atoms with E-state index in [0.717, 1.165) is 11.1 Å². The smallest absolute Gasteiger partial charge is 0.305 e. The lowest BCUT2D eigenvalue weighted by Crippen LogP contribution is -2.10. The third-order valence-corrected chi connectivity index (χ3v) is 2.77. The van der Waals surface area contributed by atoms with E-state index in [9.17, 15) is 14.0 Å². The van der Waals surface area contributed by atoms with Crippen molar-refractivity contribution in [3.63, 3.8) is 0 Å². The summed E-state index contributed by atoms with van der Waals surface area (Å²) in [6.45, 7) is 3.58. The lowest BCUT2D eigenvalue weighted by molar-refractivity contribution is -0.141. The first kappa shape index (κ1) is 14.4. The van der Waals surface area contributed by atoms with Gasteiger partial charge in [-0.2, -0.15) is 0 Å². The van der Waals surface area contributed by atoms with Gasteiger partial charge in [0.05, 0.1) is 13.5 Å². The van der Waals surface area contributed by atoms with Gasteiger partial charge in [-0.05, 0) is 36.6 Å². The summed E-state index contributed by atoms with van der Waals surface area (Å²) in [4.78, 5) is 22.5. The number of methoxy groups -OCH3 is 1. The molecule has 0 saturated carbocycles. The van der Waals surface area contributed by atoms with Crippen LogP contribution in [-0.2, 0) is 20.7 Å². The Morgan fingerprint density at radius 3 is 2.44 bits per heavy atom. The van der Waals surface area contributed by atoms with Gasteiger partial charge in [-0.15, -0.1) is 0 Å². The third kappa shape index (κ3) is 3.95. The zero-order chi connectivity index (χ0) is 13.7. The fourth-order valence-corrected chi connectivity index (χ4v) is 1.80. The van der Waals surface area contributed by atoms with E-state index in [1.807, 2.05) is 6.07 Å². The quantitative estimate of drug-likeness (QED) is 0.756. The highest BCUT2D eigenvalue weighted by atomic mass is 19.1. The van der Waals surface area contributed by atoms with E-state index in [1.54, 1.807) is 13.8 Å². The first-order valence-corrected chi connectivity index (χ1v) is 5.78. The molecule has 4 heteroatoms. The van der Waals surface area contributed by atoms with Crippen LogP contribution in [0.4, 0.5) is 4.39 Å². The number of benzene rings is 1. The standard InChI is InChI=1S/C14H17FO3/c1-9-6-10(2)12(13(15)7-9)8-11(16)4-5-14(17)18-3/h6-7H,4-5,8H2,1-3H3. The molecule has 1 aromatic carbocycles. The van der Waals surface area contributed by atoms with Gasteiger partial charge in [0.1, 0.15) is 11.6 Å². The zero-order valence-electron chi connectivity index (χ0n) is 10.9. The summed E-state index contributed by atoms with van der Waals surface area (Å²) in [5, 5.41) is 0. The van der Waals surface area contributed by atoms with Crippen LogP contribution in [0.2, 0.25) is 0 Å². The van der Waals surface area contributed by atoms with Gasteiger partial charge >= 0.3 is 5.97 Å². The predicted molar refractivity (Wildman–Crippen MR) is 65.8 cm³/mol. The molecule has 0 fully saturated rings. The van der Waals surface area contributed by atoms with Crippen LogP contribution < -0.4 is 0 Å². The molecule has 18 heavy (non-hydrogen) atoms. The summed E-state index contributed by atoms with van der Waals surface area (Å²) in [6.07, 6.45) is 0.149. The van der Waals surface area contributed by atoms with Crippen LogP contribution in [0.5, 0.6) is 0 Å². The third-order valence-electron chi connectivity index (χ3n) is 2.77. The van der Waals surface area contributed by atoms with Gasteiger partial charge in [0.15, 0.2) is 0 Å². The van der Waals surface area contributed by atoms with Crippen molar-refractivity contribution in [3.05, 3.63) is 34.6 Å². The second kappa shape index (κ2) is 6.28. The average Bonchev–Trinajstić information content (AvgIpc) is 2.30. The van der Waals surface area contributed by atoms with Gasteiger partial charge in [0.25, 0.3) is 0 Å². The maximum atomic E-state index is 13.7. The van der Waals surface area contributed by atoms with Crippen LogP contribution in [0.1, 0.15) is 29.5 Å². The van der Waals surface area contributed by atoms with Crippen LogP contribution in [0.15, 0.2) is 12.1 Å². The van der Waals surface area contributed by atoms with Gasteiger partial charge in [0, 0.05) is 12.8 Å². The number of ketones is 1. The number of carbonyl (C=O) groups excluding carboxylic acids is 2. The molecule has 0 amide bonds. The van der Waals surface area contributed by atoms with Crippen molar-refractivity contribution in [3.8, 4) is 0 Å². The molecule has 0 spiro atoms. The van der Waals surface area contributed by atoms with Crippen molar-refractivity contribution < 1.29 is 18.7 Å². The summed E-state index contributed by atoms with van der Waals surface area (Å²) in [5.74, 6) is -0.949. The topological polar surface area (TPSA) is 43.4 Å². The first-order valence-electron chi connectivity index (χ1n) is 5.78. The molecule has 0 radical (unpaired) electrons. The van der Waals surface area contributed by atoms with Crippen LogP contribution in [0.3, 0.4) is 0 Å². The van der Waals surface area contributed by atoms with E-state index >= 15 is 0 Å². The second-order valence-electron chi connectivity index (χ2n) is 4.33. The Hall–Kier alpha value is -1.71. The summed E-state index contributed by atoms with van der Waals surface area (Å²) >= 11 is 0. The predicted octanol–water partition coefficient (Wildman–Crippen LogP) is 2.51. The monoisotopic (exact) mass is 252 g/mol. The maximum absolute atomic E-state index is 13.7. The molecule has 0 heterocycles. The molecular formula is C14H17FO3. The molecule has 0 atom stereocenters. The van der Waals surface area contributed by atoms with E-state index in [-0.39, 0.29) is 30.9 Å². The molecule has 0 aliphatic carbocycles. The molecule has 98 valence electrons. The summed E-state index contributed by atoms with van der Waals surface area (Å²) in [5.41, 5.74) is 2.00. The highest BCUT2D eigenvalue weighted by molar-refractivity contribution is 5.84. The summed E-state index contributed by atoms with van der Waals surface area (Å²) in [7, 11) is 1.27. The van der Waals surface area contributed by atoms with Gasteiger partial charge in [0.2, 0.25) is 0 Å². The Kier molecular flexibility index (Phi) is 5.01. The van der Waals surface area contributed by atoms with Crippen molar-refractivity contribution in [1.29, 1.82) is 0 Å². The molecule has 3 nitrogen and oxygen atoms in total. The minimum absolute atomic E-state index is 0.0228. The molecular weight excluding hydrogens is 235 g/mol. The zero-order valence-corrected chi connectivity index (χ0v) is 10.9. The number of ether oxygens (including phenoxy) is 1. The minimum atomic E-state index is -0.426. The largest absolute Gasteiger partial charge is 0.469 e. The molecule has 0 N–H and O–H groups in total. The second-order valence-corrected chi connectivity index (χ2v) is 4.33. The summed E-state index contributed by atoms with van der Waals surface area (Å²) in [6, 6.07) is 3.25. The number of carbonyl (C=O) groups is 2. The lowest BCUT2D eigenvalue weighted by atomic mass is 9.99. The molecule has 0 bridgehead atoms. The Morgan fingerprint density at radius 2 is 1.89 bits per heavy atom. The van der Waals surface area contributed by atoms with Crippen LogP contribution >= 0.6 is 0 Å². The molecule has 0 aromatic heterocycles. The minimum Gasteiger partial charge on any atom is -0.469 e. The van der Waals surface area contributed by atoms with Crippen LogP contribution in [-0.4, -0.2) is 18.9 Å². The highest BCUT2D eigenvalue weighted by Gasteiger charge is 2.13. The van der Waals surface area contributed by atoms with Crippen molar-refractivity contribution in [2.45, 2.75) is 33.1 Å². The number of hydrogen-bond donors (Lipinski definition) is 0. The Bertz CT molecular complexity index is 443. The number of rotatable bonds is 5. The molecule has 0 aliphatic rings. The Labute approximate surface area is 106 Å². The van der Waals surface area contributed by atoms with Gasteiger partial charge in [-0.25, -0.2) is 4.39 Å². The normalized spacial score (nSPS) is 10.2. The number of Topliss-reactive ketones (excluding diaryl/α,β-unsaturated/α-hetero) is 1. The summed E-state index contributed by atoms with van der Waals surface area (Å²) < 4.78 is 18.1. The van der Waals surface area contributed by atoms with Gasteiger partial charge in [-0.1, -0.05) is 6.07 Å². The first-order chi connectivity index (χ1) is 8.43. The number of halogens is 1. The van der Waals surface area contributed by atoms with Crippen molar-refractivity contribution in [2.75, 3.05) is 7.11 Å². The Balaban J connectivity index is 2.68. The maximum Gasteiger partial charge on any atom is 0.305 e. The van der Waals surface area contributed by atoms with Gasteiger partial charge < -0.3 is 4.74 Å². The van der Waals surface area contributed by atoms with Crippen LogP contribution in [0, 0.1) is 19.7 Å². The van der Waals surface area contributed by atoms with E-state index in [2.05, 4.69) is 4.74 Å². The fraction of sp³-hybridized carbons (Fsp3) is 0.429. The SMILES string of the molecule is COC(=O)CCC(=O)Cc1c(C)cc(C)cc1F. The van der Waals surface area contributed by atoms with Crippen molar-refractivity contribution in [1.82, 2.24) is 0 Å². The molecule has 0 saturated heterocycles. The number of esters is 1. The lowest BCUT2D eigenvalue weighted by Gasteiger charge is -2.08. The van der Waals surface area contributed by atoms with E-state index in [1.165, 1.54) is 13.2 Å². The van der Waals surface area contributed by atoms with Gasteiger partial charge in [-0.3, -0.25) is 9.59 Å². The van der Waals surface area contributed by atoms with Crippen molar-refractivity contribution in [2.24, 2.45) is 0 Å². The number of hydrogen-bond acceptors (Lipinski definition) is 3. The van der Waals surface area contributed by atoms with Crippen LogP contribution in [0.25, 0.3) is 0 Å². The molecule has 0 aliphatic heterocycles. The Morgan fingerprint density at radius 1 is 1.22 bits per heavy atom. The molecule has 1 aromatic rings. The highest BCUT2D eigenvalue weighted by Crippen LogP contribution is 2.17. The van der Waals surface area contributed by atoms with Crippen molar-refractivity contribution >= 4 is 11.8 Å². The fourth-order valence-electron chi connectivity index (χ4n) is 1.80. The van der Waals surface area contributed by atoms with E-state index in [4.69, 9.17) is 0 Å². The van der Waals surface area contributed by atoms with E-state index < -0.39 is 5.97 Å². The molecule has 1 rings (SSSR count). The van der Waals surface area contributed by atoms with E-state index in [0.29, 0.717) is 5.56 Å². The average molecular weight is 252 g/mol. The molecule has 0 unspecified atom stereocenters. The number of aryl methyl sites for hydroxylation is 2.